The van der Waals surface area contributed by atoms with Crippen molar-refractivity contribution >= 4 is 5.91 Å². The van der Waals surface area contributed by atoms with Crippen LogP contribution >= 0.6 is 0 Å². The Morgan fingerprint density at radius 3 is 2.71 bits per heavy atom. The summed E-state index contributed by atoms with van der Waals surface area (Å²) in [5.74, 6) is -0.0487. The second-order valence-corrected chi connectivity index (χ2v) is 4.73. The first kappa shape index (κ1) is 14.7. The molecule has 1 heterocycles. The van der Waals surface area contributed by atoms with Gasteiger partial charge in [-0.3, -0.25) is 9.78 Å². The minimum Gasteiger partial charge on any atom is -0.350 e. The van der Waals surface area contributed by atoms with Crippen molar-refractivity contribution in [3.05, 3.63) is 65.0 Å². The molecule has 4 nitrogen and oxygen atoms in total. The molecule has 21 heavy (non-hydrogen) atoms. The highest BCUT2D eigenvalue weighted by molar-refractivity contribution is 5.78. The molecular weight excluding hydrogens is 262 g/mol. The number of hydrogen-bond acceptors (Lipinski definition) is 3. The summed E-state index contributed by atoms with van der Waals surface area (Å²) >= 11 is 0. The molecule has 1 aromatic carbocycles. The van der Waals surface area contributed by atoms with Crippen LogP contribution in [-0.2, 0) is 24.2 Å². The highest BCUT2D eigenvalue weighted by Crippen LogP contribution is 2.07. The Labute approximate surface area is 124 Å². The molecule has 0 saturated carbocycles. The number of nitrogens with one attached hydrogen (secondary N) is 1. The molecule has 0 saturated heterocycles. The van der Waals surface area contributed by atoms with Gasteiger partial charge < -0.3 is 5.32 Å². The van der Waals surface area contributed by atoms with E-state index in [2.05, 4.69) is 23.3 Å². The molecule has 0 bridgehead atoms. The SMILES string of the molecule is CCc1cccnc1CNC(=O)Cc1ccc(C#N)cc1. The van der Waals surface area contributed by atoms with Gasteiger partial charge in [-0.15, -0.1) is 0 Å². The van der Waals surface area contributed by atoms with Crippen molar-refractivity contribution in [3.8, 4) is 6.07 Å². The molecule has 0 unspecified atom stereocenters. The number of benzene rings is 1. The number of aryl methyl sites for hydroxylation is 1. The normalized spacial score (nSPS) is 9.90. The minimum atomic E-state index is -0.0487. The Bertz CT molecular complexity index is 656. The zero-order chi connectivity index (χ0) is 15.1. The van der Waals surface area contributed by atoms with Crippen LogP contribution in [0, 0.1) is 11.3 Å². The number of pyridine rings is 1. The topological polar surface area (TPSA) is 65.8 Å². The van der Waals surface area contributed by atoms with Crippen molar-refractivity contribution in [2.45, 2.75) is 26.3 Å². The summed E-state index contributed by atoms with van der Waals surface area (Å²) in [6.07, 6.45) is 2.94. The molecule has 0 radical (unpaired) electrons. The van der Waals surface area contributed by atoms with Crippen LogP contribution in [0.25, 0.3) is 0 Å². The molecule has 106 valence electrons. The van der Waals surface area contributed by atoms with Crippen molar-refractivity contribution < 1.29 is 4.79 Å². The lowest BCUT2D eigenvalue weighted by atomic mass is 10.1. The van der Waals surface area contributed by atoms with E-state index < -0.39 is 0 Å². The van der Waals surface area contributed by atoms with Gasteiger partial charge in [0.25, 0.3) is 0 Å². The van der Waals surface area contributed by atoms with Crippen molar-refractivity contribution in [1.82, 2.24) is 10.3 Å². The van der Waals surface area contributed by atoms with Crippen LogP contribution in [0.5, 0.6) is 0 Å². The predicted octanol–water partition coefficient (Wildman–Crippen LogP) is 2.37. The van der Waals surface area contributed by atoms with E-state index in [9.17, 15) is 4.79 Å². The number of rotatable bonds is 5. The van der Waals surface area contributed by atoms with Crippen LogP contribution < -0.4 is 5.32 Å². The maximum Gasteiger partial charge on any atom is 0.224 e. The summed E-state index contributed by atoms with van der Waals surface area (Å²) in [5.41, 5.74) is 3.55. The maximum atomic E-state index is 11.9. The summed E-state index contributed by atoms with van der Waals surface area (Å²) in [6, 6.07) is 13.0. The lowest BCUT2D eigenvalue weighted by molar-refractivity contribution is -0.120. The fourth-order valence-corrected chi connectivity index (χ4v) is 2.08. The van der Waals surface area contributed by atoms with Crippen molar-refractivity contribution in [2.24, 2.45) is 0 Å². The molecule has 0 aliphatic carbocycles. The number of nitriles is 1. The fraction of sp³-hybridized carbons (Fsp3) is 0.235. The van der Waals surface area contributed by atoms with Crippen LogP contribution in [0.2, 0.25) is 0 Å². The lowest BCUT2D eigenvalue weighted by Gasteiger charge is -2.08. The van der Waals surface area contributed by atoms with Crippen molar-refractivity contribution in [2.75, 3.05) is 0 Å². The molecule has 2 aromatic rings. The molecule has 2 rings (SSSR count). The van der Waals surface area contributed by atoms with Crippen LogP contribution in [0.15, 0.2) is 42.6 Å². The Morgan fingerprint density at radius 2 is 2.05 bits per heavy atom. The van der Waals surface area contributed by atoms with E-state index in [0.29, 0.717) is 18.5 Å². The zero-order valence-corrected chi connectivity index (χ0v) is 12.0. The molecule has 0 aliphatic heterocycles. The molecule has 1 N–H and O–H groups in total. The smallest absolute Gasteiger partial charge is 0.224 e. The van der Waals surface area contributed by atoms with E-state index in [-0.39, 0.29) is 5.91 Å². The van der Waals surface area contributed by atoms with Crippen molar-refractivity contribution in [1.29, 1.82) is 5.26 Å². The number of aromatic nitrogens is 1. The lowest BCUT2D eigenvalue weighted by Crippen LogP contribution is -2.25. The Morgan fingerprint density at radius 1 is 1.29 bits per heavy atom. The van der Waals surface area contributed by atoms with Gasteiger partial charge in [0.05, 0.1) is 30.3 Å². The van der Waals surface area contributed by atoms with E-state index in [1.807, 2.05) is 12.1 Å². The standard InChI is InChI=1S/C17H17N3O/c1-2-15-4-3-9-19-16(15)12-20-17(21)10-13-5-7-14(11-18)8-6-13/h3-9H,2,10,12H2,1H3,(H,20,21). The van der Waals surface area contributed by atoms with E-state index in [1.54, 1.807) is 30.5 Å². The molecule has 0 spiro atoms. The maximum absolute atomic E-state index is 11.9. The monoisotopic (exact) mass is 279 g/mol. The molecule has 0 atom stereocenters. The highest BCUT2D eigenvalue weighted by atomic mass is 16.1. The van der Waals surface area contributed by atoms with E-state index in [4.69, 9.17) is 5.26 Å². The zero-order valence-electron chi connectivity index (χ0n) is 12.0. The molecular formula is C17H17N3O. The third kappa shape index (κ3) is 4.15. The number of amides is 1. The van der Waals surface area contributed by atoms with Gasteiger partial charge >= 0.3 is 0 Å². The number of hydrogen-bond donors (Lipinski definition) is 1. The fourth-order valence-electron chi connectivity index (χ4n) is 2.08. The summed E-state index contributed by atoms with van der Waals surface area (Å²) < 4.78 is 0. The molecule has 0 aliphatic rings. The van der Waals surface area contributed by atoms with E-state index in [0.717, 1.165) is 23.2 Å². The molecule has 1 amide bonds. The van der Waals surface area contributed by atoms with Gasteiger partial charge in [-0.05, 0) is 35.7 Å². The first-order valence-corrected chi connectivity index (χ1v) is 6.91. The second-order valence-electron chi connectivity index (χ2n) is 4.73. The molecule has 1 aromatic heterocycles. The molecule has 0 fully saturated rings. The Hall–Kier alpha value is -2.67. The average Bonchev–Trinajstić information content (AvgIpc) is 2.54. The third-order valence-corrected chi connectivity index (χ3v) is 3.27. The average molecular weight is 279 g/mol. The van der Waals surface area contributed by atoms with Gasteiger partial charge in [0.1, 0.15) is 0 Å². The highest BCUT2D eigenvalue weighted by Gasteiger charge is 2.06. The van der Waals surface area contributed by atoms with Gasteiger partial charge in [-0.25, -0.2) is 0 Å². The predicted molar refractivity (Wildman–Crippen MR) is 80.3 cm³/mol. The first-order chi connectivity index (χ1) is 10.2. The van der Waals surface area contributed by atoms with Gasteiger partial charge in [0.15, 0.2) is 0 Å². The second kappa shape index (κ2) is 7.20. The van der Waals surface area contributed by atoms with Gasteiger partial charge in [0.2, 0.25) is 5.91 Å². The van der Waals surface area contributed by atoms with Gasteiger partial charge in [0, 0.05) is 6.20 Å². The van der Waals surface area contributed by atoms with E-state index in [1.165, 1.54) is 0 Å². The number of nitrogens with zero attached hydrogens (tertiary/aromatic N) is 2. The summed E-state index contributed by atoms with van der Waals surface area (Å²) in [6.45, 7) is 2.51. The largest absolute Gasteiger partial charge is 0.350 e. The van der Waals surface area contributed by atoms with E-state index >= 15 is 0 Å². The number of carbonyl (C=O) groups is 1. The summed E-state index contributed by atoms with van der Waals surface area (Å²) in [4.78, 5) is 16.2. The van der Waals surface area contributed by atoms with Crippen LogP contribution in [0.1, 0.15) is 29.3 Å². The van der Waals surface area contributed by atoms with Crippen LogP contribution in [0.3, 0.4) is 0 Å². The minimum absolute atomic E-state index is 0.0487. The van der Waals surface area contributed by atoms with Crippen molar-refractivity contribution in [3.63, 3.8) is 0 Å². The van der Waals surface area contributed by atoms with Gasteiger partial charge in [-0.1, -0.05) is 25.1 Å². The summed E-state index contributed by atoms with van der Waals surface area (Å²) in [5, 5.41) is 11.6. The Kier molecular flexibility index (Phi) is 5.05. The van der Waals surface area contributed by atoms with Crippen LogP contribution in [-0.4, -0.2) is 10.9 Å². The summed E-state index contributed by atoms with van der Waals surface area (Å²) in [7, 11) is 0. The first-order valence-electron chi connectivity index (χ1n) is 6.91. The third-order valence-electron chi connectivity index (χ3n) is 3.27. The van der Waals surface area contributed by atoms with Crippen LogP contribution in [0.4, 0.5) is 0 Å². The quantitative estimate of drug-likeness (QED) is 0.913. The molecule has 4 heteroatoms. The Balaban J connectivity index is 1.91. The van der Waals surface area contributed by atoms with Gasteiger partial charge in [-0.2, -0.15) is 5.26 Å². The number of carbonyl (C=O) groups excluding carboxylic acids is 1.